The van der Waals surface area contributed by atoms with Crippen LogP contribution in [0.4, 0.5) is 0 Å². The first kappa shape index (κ1) is 16.7. The largest absolute Gasteiger partial charge is 0.410 e. The number of benzene rings is 1. The fourth-order valence-electron chi connectivity index (χ4n) is 2.11. The van der Waals surface area contributed by atoms with E-state index in [0.29, 0.717) is 17.7 Å². The standard InChI is InChI=1S/C17H17N3O2S2/c21-15(18-10-4-8-13-6-2-1-3-7-13)12-24-17-20-19-16(22-17)14-9-5-11-23-14/h1-3,5-7,9,11H,4,8,10,12H2,(H,18,21). The number of hydrogen-bond donors (Lipinski definition) is 1. The molecule has 1 N–H and O–H groups in total. The Morgan fingerprint density at radius 2 is 2.04 bits per heavy atom. The Kier molecular flexibility index (Phi) is 6.03. The molecule has 7 heteroatoms. The maximum absolute atomic E-state index is 11.8. The predicted octanol–water partition coefficient (Wildman–Crippen LogP) is 3.64. The van der Waals surface area contributed by atoms with Gasteiger partial charge in [0.1, 0.15) is 0 Å². The van der Waals surface area contributed by atoms with Gasteiger partial charge < -0.3 is 9.73 Å². The Morgan fingerprint density at radius 1 is 1.17 bits per heavy atom. The second kappa shape index (κ2) is 8.65. The van der Waals surface area contributed by atoms with Gasteiger partial charge in [-0.1, -0.05) is 48.2 Å². The molecule has 0 aliphatic carbocycles. The topological polar surface area (TPSA) is 68.0 Å². The Bertz CT molecular complexity index is 757. The quantitative estimate of drug-likeness (QED) is 0.491. The highest BCUT2D eigenvalue weighted by molar-refractivity contribution is 7.99. The maximum atomic E-state index is 11.8. The lowest BCUT2D eigenvalue weighted by Gasteiger charge is -2.04. The maximum Gasteiger partial charge on any atom is 0.277 e. The van der Waals surface area contributed by atoms with Crippen LogP contribution in [-0.4, -0.2) is 28.4 Å². The second-order valence-corrected chi connectivity index (χ2v) is 6.95. The molecule has 1 aromatic carbocycles. The molecule has 124 valence electrons. The first-order valence-corrected chi connectivity index (χ1v) is 9.48. The van der Waals surface area contributed by atoms with Crippen LogP contribution >= 0.6 is 23.1 Å². The van der Waals surface area contributed by atoms with Crippen molar-refractivity contribution in [3.63, 3.8) is 0 Å². The van der Waals surface area contributed by atoms with Gasteiger partial charge in [-0.25, -0.2) is 0 Å². The van der Waals surface area contributed by atoms with Crippen molar-refractivity contribution in [2.24, 2.45) is 0 Å². The van der Waals surface area contributed by atoms with E-state index in [9.17, 15) is 4.79 Å². The highest BCUT2D eigenvalue weighted by Crippen LogP contribution is 2.26. The van der Waals surface area contributed by atoms with Crippen molar-refractivity contribution in [3.05, 3.63) is 53.4 Å². The van der Waals surface area contributed by atoms with Crippen molar-refractivity contribution in [2.45, 2.75) is 18.1 Å². The molecule has 0 saturated heterocycles. The molecule has 5 nitrogen and oxygen atoms in total. The summed E-state index contributed by atoms with van der Waals surface area (Å²) in [6, 6.07) is 14.1. The molecule has 2 aromatic heterocycles. The number of aromatic nitrogens is 2. The molecular weight excluding hydrogens is 342 g/mol. The lowest BCUT2D eigenvalue weighted by molar-refractivity contribution is -0.118. The first-order valence-electron chi connectivity index (χ1n) is 7.62. The van der Waals surface area contributed by atoms with Crippen molar-refractivity contribution >= 4 is 29.0 Å². The zero-order chi connectivity index (χ0) is 16.6. The summed E-state index contributed by atoms with van der Waals surface area (Å²) in [7, 11) is 0. The van der Waals surface area contributed by atoms with Gasteiger partial charge in [-0.2, -0.15) is 0 Å². The molecular formula is C17H17N3O2S2. The van der Waals surface area contributed by atoms with E-state index in [1.165, 1.54) is 17.3 Å². The van der Waals surface area contributed by atoms with Crippen LogP contribution in [0.1, 0.15) is 12.0 Å². The lowest BCUT2D eigenvalue weighted by Crippen LogP contribution is -2.26. The van der Waals surface area contributed by atoms with E-state index in [1.54, 1.807) is 11.3 Å². The van der Waals surface area contributed by atoms with Crippen molar-refractivity contribution in [1.82, 2.24) is 15.5 Å². The zero-order valence-electron chi connectivity index (χ0n) is 13.0. The van der Waals surface area contributed by atoms with Crippen LogP contribution in [-0.2, 0) is 11.2 Å². The Balaban J connectivity index is 1.35. The third-order valence-electron chi connectivity index (χ3n) is 3.27. The summed E-state index contributed by atoms with van der Waals surface area (Å²) in [6.45, 7) is 0.665. The van der Waals surface area contributed by atoms with Gasteiger partial charge in [-0.3, -0.25) is 4.79 Å². The fourth-order valence-corrected chi connectivity index (χ4v) is 3.35. The highest BCUT2D eigenvalue weighted by Gasteiger charge is 2.11. The van der Waals surface area contributed by atoms with Crippen LogP contribution in [0.3, 0.4) is 0 Å². The molecule has 2 heterocycles. The van der Waals surface area contributed by atoms with Crippen LogP contribution in [0, 0.1) is 0 Å². The molecule has 0 fully saturated rings. The molecule has 0 spiro atoms. The van der Waals surface area contributed by atoms with Crippen molar-refractivity contribution in [2.75, 3.05) is 12.3 Å². The molecule has 0 radical (unpaired) electrons. The normalized spacial score (nSPS) is 10.7. The van der Waals surface area contributed by atoms with E-state index in [0.717, 1.165) is 17.7 Å². The number of thioether (sulfide) groups is 1. The van der Waals surface area contributed by atoms with Crippen LogP contribution < -0.4 is 5.32 Å². The second-order valence-electron chi connectivity index (χ2n) is 5.08. The molecule has 0 bridgehead atoms. The SMILES string of the molecule is O=C(CSc1nnc(-c2cccs2)o1)NCCCc1ccccc1. The summed E-state index contributed by atoms with van der Waals surface area (Å²) >= 11 is 2.79. The van der Waals surface area contributed by atoms with E-state index in [4.69, 9.17) is 4.42 Å². The van der Waals surface area contributed by atoms with E-state index in [1.807, 2.05) is 35.7 Å². The van der Waals surface area contributed by atoms with Crippen molar-refractivity contribution in [1.29, 1.82) is 0 Å². The number of thiophene rings is 1. The first-order chi connectivity index (χ1) is 11.8. The van der Waals surface area contributed by atoms with Gasteiger partial charge in [-0.05, 0) is 29.9 Å². The number of nitrogens with one attached hydrogen (secondary N) is 1. The average Bonchev–Trinajstić information content (AvgIpc) is 3.29. The van der Waals surface area contributed by atoms with Gasteiger partial charge >= 0.3 is 0 Å². The summed E-state index contributed by atoms with van der Waals surface area (Å²) in [5, 5.41) is 13.2. The van der Waals surface area contributed by atoms with E-state index < -0.39 is 0 Å². The molecule has 3 aromatic rings. The van der Waals surface area contributed by atoms with Gasteiger partial charge in [0.2, 0.25) is 5.91 Å². The van der Waals surface area contributed by atoms with E-state index >= 15 is 0 Å². The number of carbonyl (C=O) groups excluding carboxylic acids is 1. The average molecular weight is 359 g/mol. The smallest absolute Gasteiger partial charge is 0.277 e. The van der Waals surface area contributed by atoms with Crippen molar-refractivity contribution < 1.29 is 9.21 Å². The summed E-state index contributed by atoms with van der Waals surface area (Å²) < 4.78 is 5.53. The molecule has 24 heavy (non-hydrogen) atoms. The number of aryl methyl sites for hydroxylation is 1. The summed E-state index contributed by atoms with van der Waals surface area (Å²) in [5.74, 6) is 0.747. The Morgan fingerprint density at radius 3 is 2.83 bits per heavy atom. The minimum absolute atomic E-state index is 0.0241. The van der Waals surface area contributed by atoms with Gasteiger partial charge in [0.05, 0.1) is 10.6 Å². The molecule has 0 unspecified atom stereocenters. The molecule has 3 rings (SSSR count). The summed E-state index contributed by atoms with van der Waals surface area (Å²) in [5.41, 5.74) is 1.29. The third kappa shape index (κ3) is 4.94. The van der Waals surface area contributed by atoms with Gasteiger partial charge in [-0.15, -0.1) is 21.5 Å². The molecule has 1 amide bonds. The number of nitrogens with zero attached hydrogens (tertiary/aromatic N) is 2. The molecule has 0 aliphatic heterocycles. The molecule has 0 saturated carbocycles. The summed E-state index contributed by atoms with van der Waals surface area (Å²) in [4.78, 5) is 12.8. The van der Waals surface area contributed by atoms with E-state index in [-0.39, 0.29) is 11.7 Å². The minimum atomic E-state index is -0.0241. The Labute approximate surface area is 148 Å². The Hall–Kier alpha value is -2.12. The van der Waals surface area contributed by atoms with Crippen LogP contribution in [0.25, 0.3) is 10.8 Å². The lowest BCUT2D eigenvalue weighted by atomic mass is 10.1. The van der Waals surface area contributed by atoms with Crippen LogP contribution in [0.2, 0.25) is 0 Å². The van der Waals surface area contributed by atoms with Gasteiger partial charge in [0.15, 0.2) is 0 Å². The van der Waals surface area contributed by atoms with Gasteiger partial charge in [0.25, 0.3) is 11.1 Å². The zero-order valence-corrected chi connectivity index (χ0v) is 14.6. The number of hydrogen-bond acceptors (Lipinski definition) is 6. The number of carbonyl (C=O) groups is 1. The minimum Gasteiger partial charge on any atom is -0.410 e. The predicted molar refractivity (Wildman–Crippen MR) is 96.1 cm³/mol. The number of rotatable bonds is 8. The monoisotopic (exact) mass is 359 g/mol. The van der Waals surface area contributed by atoms with Crippen LogP contribution in [0.15, 0.2) is 57.5 Å². The molecule has 0 aliphatic rings. The molecule has 0 atom stereocenters. The highest BCUT2D eigenvalue weighted by atomic mass is 32.2. The number of amides is 1. The third-order valence-corrected chi connectivity index (χ3v) is 4.95. The summed E-state index contributed by atoms with van der Waals surface area (Å²) in [6.07, 6.45) is 1.88. The van der Waals surface area contributed by atoms with Crippen molar-refractivity contribution in [3.8, 4) is 10.8 Å². The van der Waals surface area contributed by atoms with E-state index in [2.05, 4.69) is 27.6 Å². The van der Waals surface area contributed by atoms with Crippen LogP contribution in [0.5, 0.6) is 0 Å². The van der Waals surface area contributed by atoms with Gasteiger partial charge in [0, 0.05) is 6.54 Å². The fraction of sp³-hybridized carbons (Fsp3) is 0.235.